The molecule has 2 fully saturated rings. The number of carbonyl (C=O) groups is 1. The van der Waals surface area contributed by atoms with Crippen molar-refractivity contribution in [2.24, 2.45) is 11.3 Å². The highest BCUT2D eigenvalue weighted by atomic mass is 16.5. The molecule has 0 bridgehead atoms. The van der Waals surface area contributed by atoms with Gasteiger partial charge in [-0.2, -0.15) is 0 Å². The van der Waals surface area contributed by atoms with Crippen molar-refractivity contribution in [2.45, 2.75) is 77.4 Å². The molecule has 1 saturated carbocycles. The summed E-state index contributed by atoms with van der Waals surface area (Å²) in [5.41, 5.74) is 0.701. The zero-order valence-electron chi connectivity index (χ0n) is 17.3. The molecule has 0 aromatic heterocycles. The summed E-state index contributed by atoms with van der Waals surface area (Å²) in [5, 5.41) is 11.3. The van der Waals surface area contributed by atoms with Crippen molar-refractivity contribution in [3.8, 4) is 0 Å². The van der Waals surface area contributed by atoms with E-state index < -0.39 is 5.54 Å². The van der Waals surface area contributed by atoms with Crippen LogP contribution >= 0.6 is 0 Å². The first-order valence-electron chi connectivity index (χ1n) is 10.4. The van der Waals surface area contributed by atoms with Crippen LogP contribution in [0.25, 0.3) is 0 Å². The number of likely N-dealkylation sites (N-methyl/N-ethyl adjacent to an activating group) is 1. The van der Waals surface area contributed by atoms with Gasteiger partial charge in [0.05, 0.1) is 12.7 Å². The molecule has 2 atom stereocenters. The van der Waals surface area contributed by atoms with Gasteiger partial charge in [-0.1, -0.05) is 76.7 Å². The van der Waals surface area contributed by atoms with Crippen molar-refractivity contribution in [2.75, 3.05) is 13.7 Å². The number of carbonyl (C=O) groups excluding carboxylic acids is 1. The summed E-state index contributed by atoms with van der Waals surface area (Å²) >= 11 is 0. The van der Waals surface area contributed by atoms with Crippen LogP contribution in [-0.2, 0) is 9.53 Å². The predicted octanol–water partition coefficient (Wildman–Crippen LogP) is 4.01. The zero-order chi connectivity index (χ0) is 19.7. The number of hydrogen-bond donors (Lipinski definition) is 2. The summed E-state index contributed by atoms with van der Waals surface area (Å²) in [6.45, 7) is 6.98. The van der Waals surface area contributed by atoms with E-state index >= 15 is 0 Å². The first-order valence-corrected chi connectivity index (χ1v) is 10.4. The van der Waals surface area contributed by atoms with Gasteiger partial charge in [-0.25, -0.2) is 0 Å². The highest BCUT2D eigenvalue weighted by Crippen LogP contribution is 2.35. The standard InChI is InChI=1S/C22H35N3O2/c1-21(2,3)17-11-8-12-18(13-17)27-15-22(14-16-9-6-5-7-10-16)19(26)25(4)20(23)24-22/h8,11-12,16,18H,5-7,9-10,13-15H2,1-4H3,(H2,23,24). The van der Waals surface area contributed by atoms with Gasteiger partial charge >= 0.3 is 0 Å². The fourth-order valence-electron chi connectivity index (χ4n) is 4.53. The second-order valence-corrected chi connectivity index (χ2v) is 9.51. The lowest BCUT2D eigenvalue weighted by molar-refractivity contribution is -0.134. The van der Waals surface area contributed by atoms with Crippen molar-refractivity contribution in [3.05, 3.63) is 23.8 Å². The van der Waals surface area contributed by atoms with Gasteiger partial charge in [0.25, 0.3) is 5.91 Å². The molecule has 27 heavy (non-hydrogen) atoms. The molecule has 3 rings (SSSR count). The number of nitrogens with zero attached hydrogens (tertiary/aromatic N) is 1. The smallest absolute Gasteiger partial charge is 0.257 e. The van der Waals surface area contributed by atoms with E-state index in [1.54, 1.807) is 7.05 Å². The molecule has 2 aliphatic carbocycles. The minimum absolute atomic E-state index is 0.0119. The maximum absolute atomic E-state index is 13.0. The van der Waals surface area contributed by atoms with Crippen LogP contribution in [0.2, 0.25) is 0 Å². The molecule has 150 valence electrons. The average Bonchev–Trinajstić information content (AvgIpc) is 2.85. The lowest BCUT2D eigenvalue weighted by atomic mass is 9.79. The van der Waals surface area contributed by atoms with Crippen molar-refractivity contribution in [3.63, 3.8) is 0 Å². The molecule has 1 saturated heterocycles. The van der Waals surface area contributed by atoms with Crippen molar-refractivity contribution < 1.29 is 9.53 Å². The van der Waals surface area contributed by atoms with Gasteiger partial charge in [0, 0.05) is 7.05 Å². The Bertz CT molecular complexity index is 640. The van der Waals surface area contributed by atoms with Crippen LogP contribution in [0.5, 0.6) is 0 Å². The Morgan fingerprint density at radius 2 is 2.00 bits per heavy atom. The van der Waals surface area contributed by atoms with Crippen LogP contribution in [0, 0.1) is 16.7 Å². The van der Waals surface area contributed by atoms with Crippen molar-refractivity contribution in [1.82, 2.24) is 10.2 Å². The van der Waals surface area contributed by atoms with Gasteiger partial charge in [-0.15, -0.1) is 0 Å². The predicted molar refractivity (Wildman–Crippen MR) is 109 cm³/mol. The molecule has 0 spiro atoms. The first-order chi connectivity index (χ1) is 12.7. The lowest BCUT2D eigenvalue weighted by Crippen LogP contribution is -2.53. The molecule has 1 aliphatic heterocycles. The zero-order valence-corrected chi connectivity index (χ0v) is 17.3. The van der Waals surface area contributed by atoms with Gasteiger partial charge in [-0.3, -0.25) is 15.1 Å². The maximum Gasteiger partial charge on any atom is 0.257 e. The van der Waals surface area contributed by atoms with E-state index in [-0.39, 0.29) is 23.4 Å². The molecule has 0 aromatic rings. The summed E-state index contributed by atoms with van der Waals surface area (Å²) in [4.78, 5) is 14.5. The molecule has 2 N–H and O–H groups in total. The quantitative estimate of drug-likeness (QED) is 0.765. The number of hydrogen-bond acceptors (Lipinski definition) is 3. The largest absolute Gasteiger partial charge is 0.371 e. The Morgan fingerprint density at radius 1 is 1.30 bits per heavy atom. The van der Waals surface area contributed by atoms with E-state index in [1.807, 2.05) is 0 Å². The number of amides is 1. The highest BCUT2D eigenvalue weighted by molar-refractivity contribution is 6.07. The number of nitrogens with one attached hydrogen (secondary N) is 2. The van der Waals surface area contributed by atoms with Gasteiger partial charge in [0.2, 0.25) is 0 Å². The summed E-state index contributed by atoms with van der Waals surface area (Å²) in [6, 6.07) is 0. The van der Waals surface area contributed by atoms with E-state index in [0.717, 1.165) is 12.8 Å². The number of ether oxygens (including phenoxy) is 1. The topological polar surface area (TPSA) is 65.4 Å². The molecule has 0 aromatic carbocycles. The third-order valence-corrected chi connectivity index (χ3v) is 6.32. The van der Waals surface area contributed by atoms with E-state index in [9.17, 15) is 4.79 Å². The Morgan fingerprint density at radius 3 is 2.59 bits per heavy atom. The Balaban J connectivity index is 1.69. The van der Waals surface area contributed by atoms with Crippen LogP contribution in [0.1, 0.15) is 65.7 Å². The Kier molecular flexibility index (Phi) is 5.80. The second-order valence-electron chi connectivity index (χ2n) is 9.51. The van der Waals surface area contributed by atoms with Gasteiger partial charge in [-0.05, 0) is 24.2 Å². The highest BCUT2D eigenvalue weighted by Gasteiger charge is 2.50. The lowest BCUT2D eigenvalue weighted by Gasteiger charge is -2.34. The number of allylic oxidation sites excluding steroid dienone is 2. The normalized spacial score (nSPS) is 29.9. The average molecular weight is 374 g/mol. The minimum atomic E-state index is -0.787. The minimum Gasteiger partial charge on any atom is -0.371 e. The van der Waals surface area contributed by atoms with Crippen LogP contribution in [0.15, 0.2) is 23.8 Å². The number of rotatable bonds is 5. The van der Waals surface area contributed by atoms with Gasteiger partial charge in [0.1, 0.15) is 5.54 Å². The second kappa shape index (κ2) is 7.78. The molecule has 1 amide bonds. The van der Waals surface area contributed by atoms with E-state index in [1.165, 1.54) is 42.6 Å². The monoisotopic (exact) mass is 373 g/mol. The molecule has 5 heteroatoms. The molecule has 5 nitrogen and oxygen atoms in total. The molecule has 3 aliphatic rings. The first kappa shape index (κ1) is 20.1. The third-order valence-electron chi connectivity index (χ3n) is 6.32. The van der Waals surface area contributed by atoms with Crippen LogP contribution in [0.3, 0.4) is 0 Å². The fourth-order valence-corrected chi connectivity index (χ4v) is 4.53. The maximum atomic E-state index is 13.0. The van der Waals surface area contributed by atoms with Crippen LogP contribution in [0.4, 0.5) is 0 Å². The Hall–Kier alpha value is -1.62. The fraction of sp³-hybridized carbons (Fsp3) is 0.727. The molecular weight excluding hydrogens is 338 g/mol. The summed E-state index contributed by atoms with van der Waals surface area (Å²) < 4.78 is 6.27. The van der Waals surface area contributed by atoms with Gasteiger partial charge in [0.15, 0.2) is 5.96 Å². The third kappa shape index (κ3) is 4.45. The number of guanidine groups is 1. The Labute approximate surface area is 163 Å². The molecule has 2 unspecified atom stereocenters. The van der Waals surface area contributed by atoms with Crippen LogP contribution in [-0.4, -0.2) is 42.1 Å². The van der Waals surface area contributed by atoms with Crippen molar-refractivity contribution >= 4 is 11.9 Å². The van der Waals surface area contributed by atoms with Crippen molar-refractivity contribution in [1.29, 1.82) is 5.41 Å². The van der Waals surface area contributed by atoms with E-state index in [2.05, 4.69) is 44.3 Å². The van der Waals surface area contributed by atoms with Gasteiger partial charge < -0.3 is 10.1 Å². The molecule has 0 radical (unpaired) electrons. The summed E-state index contributed by atoms with van der Waals surface area (Å²) in [6.07, 6.45) is 14.1. The van der Waals surface area contributed by atoms with E-state index in [4.69, 9.17) is 10.1 Å². The summed E-state index contributed by atoms with van der Waals surface area (Å²) in [5.74, 6) is 0.698. The van der Waals surface area contributed by atoms with E-state index in [0.29, 0.717) is 12.5 Å². The summed E-state index contributed by atoms with van der Waals surface area (Å²) in [7, 11) is 1.68. The van der Waals surface area contributed by atoms with Crippen LogP contribution < -0.4 is 5.32 Å². The SMILES string of the molecule is CN1C(=N)NC(COC2C=CC=C(C(C)(C)C)C2)(CC2CCCCC2)C1=O. The molecule has 1 heterocycles. The molecular formula is C22H35N3O2.